The fraction of sp³-hybridized carbons (Fsp3) is 0.250. The van der Waals surface area contributed by atoms with Crippen LogP contribution in [-0.2, 0) is 17.1 Å². The summed E-state index contributed by atoms with van der Waals surface area (Å²) in [6.07, 6.45) is 3.92. The van der Waals surface area contributed by atoms with E-state index in [-0.39, 0.29) is 5.91 Å². The van der Waals surface area contributed by atoms with Gasteiger partial charge in [0.15, 0.2) is 4.96 Å². The minimum atomic E-state index is 0.0495. The third-order valence-electron chi connectivity index (χ3n) is 3.23. The summed E-state index contributed by atoms with van der Waals surface area (Å²) < 4.78 is 1.97. The van der Waals surface area contributed by atoms with Crippen LogP contribution in [0.2, 0.25) is 0 Å². The molecule has 0 fully saturated rings. The summed E-state index contributed by atoms with van der Waals surface area (Å²) >= 11 is 3.22. The Morgan fingerprint density at radius 1 is 1.36 bits per heavy atom. The second-order valence-electron chi connectivity index (χ2n) is 5.08. The average molecular weight is 331 g/mol. The predicted molar refractivity (Wildman–Crippen MR) is 92.3 cm³/mol. The second-order valence-corrected chi connectivity index (χ2v) is 6.94. The van der Waals surface area contributed by atoms with E-state index < -0.39 is 0 Å². The van der Waals surface area contributed by atoms with Crippen molar-refractivity contribution in [1.29, 1.82) is 0 Å². The lowest BCUT2D eigenvalue weighted by Crippen LogP contribution is -2.24. The average Bonchev–Trinajstić information content (AvgIpc) is 3.08. The number of benzene rings is 1. The number of carbonyl (C=O) groups is 1. The van der Waals surface area contributed by atoms with E-state index in [0.717, 1.165) is 16.4 Å². The van der Waals surface area contributed by atoms with Gasteiger partial charge in [-0.1, -0.05) is 29.8 Å². The summed E-state index contributed by atoms with van der Waals surface area (Å²) in [5, 5.41) is 4.91. The predicted octanol–water partition coefficient (Wildman–Crippen LogP) is 3.25. The highest BCUT2D eigenvalue weighted by molar-refractivity contribution is 7.99. The monoisotopic (exact) mass is 331 g/mol. The van der Waals surface area contributed by atoms with Crippen LogP contribution in [0.25, 0.3) is 4.96 Å². The number of aryl methyl sites for hydroxylation is 1. The van der Waals surface area contributed by atoms with E-state index in [1.807, 2.05) is 22.2 Å². The van der Waals surface area contributed by atoms with Gasteiger partial charge in [0.2, 0.25) is 5.91 Å². The van der Waals surface area contributed by atoms with Gasteiger partial charge >= 0.3 is 0 Å². The van der Waals surface area contributed by atoms with Crippen LogP contribution >= 0.6 is 23.1 Å². The number of nitrogens with one attached hydrogen (secondary N) is 1. The Bertz CT molecular complexity index is 733. The molecule has 2 aromatic heterocycles. The Morgan fingerprint density at radius 2 is 2.18 bits per heavy atom. The van der Waals surface area contributed by atoms with E-state index in [4.69, 9.17) is 0 Å². The van der Waals surface area contributed by atoms with E-state index in [1.165, 1.54) is 11.1 Å². The van der Waals surface area contributed by atoms with Crippen LogP contribution in [0.5, 0.6) is 0 Å². The van der Waals surface area contributed by atoms with Gasteiger partial charge in [-0.2, -0.15) is 0 Å². The molecule has 1 N–H and O–H groups in total. The molecule has 3 rings (SSSR count). The number of nitrogens with zero attached hydrogens (tertiary/aromatic N) is 2. The van der Waals surface area contributed by atoms with Crippen molar-refractivity contribution >= 4 is 34.0 Å². The highest BCUT2D eigenvalue weighted by Gasteiger charge is 2.05. The van der Waals surface area contributed by atoms with Crippen LogP contribution in [0.3, 0.4) is 0 Å². The maximum Gasteiger partial charge on any atom is 0.230 e. The van der Waals surface area contributed by atoms with Gasteiger partial charge in [0.05, 0.1) is 18.0 Å². The topological polar surface area (TPSA) is 46.4 Å². The molecule has 1 amide bonds. The van der Waals surface area contributed by atoms with Crippen molar-refractivity contribution in [2.75, 3.05) is 5.75 Å². The SMILES string of the molecule is Cc1ccc(CSCC(=O)NCc2cn3ccsc3n2)cc1. The maximum absolute atomic E-state index is 11.9. The molecule has 0 bridgehead atoms. The number of hydrogen-bond donors (Lipinski definition) is 1. The maximum atomic E-state index is 11.9. The third kappa shape index (κ3) is 3.90. The molecule has 0 aliphatic carbocycles. The number of thioether (sulfide) groups is 1. The fourth-order valence-corrected chi connectivity index (χ4v) is 3.58. The van der Waals surface area contributed by atoms with E-state index in [1.54, 1.807) is 23.1 Å². The summed E-state index contributed by atoms with van der Waals surface area (Å²) in [6.45, 7) is 2.56. The quantitative estimate of drug-likeness (QED) is 0.754. The van der Waals surface area contributed by atoms with Crippen LogP contribution < -0.4 is 5.32 Å². The standard InChI is InChI=1S/C16H17N3OS2/c1-12-2-4-13(5-3-12)10-21-11-15(20)17-8-14-9-19-6-7-22-16(19)18-14/h2-7,9H,8,10-11H2,1H3,(H,17,20). The first-order chi connectivity index (χ1) is 10.7. The molecule has 0 radical (unpaired) electrons. The Balaban J connectivity index is 1.40. The van der Waals surface area contributed by atoms with Crippen molar-refractivity contribution in [2.24, 2.45) is 0 Å². The molecular formula is C16H17N3OS2. The molecule has 3 aromatic rings. The van der Waals surface area contributed by atoms with Crippen molar-refractivity contribution in [1.82, 2.24) is 14.7 Å². The highest BCUT2D eigenvalue weighted by Crippen LogP contribution is 2.13. The molecule has 0 aliphatic heterocycles. The van der Waals surface area contributed by atoms with Crippen molar-refractivity contribution in [2.45, 2.75) is 19.2 Å². The van der Waals surface area contributed by atoms with Gasteiger partial charge in [-0.15, -0.1) is 23.1 Å². The number of hydrogen-bond acceptors (Lipinski definition) is 4. The number of fused-ring (bicyclic) bond motifs is 1. The van der Waals surface area contributed by atoms with E-state index >= 15 is 0 Å². The molecule has 0 saturated heterocycles. The highest BCUT2D eigenvalue weighted by atomic mass is 32.2. The molecule has 1 aromatic carbocycles. The van der Waals surface area contributed by atoms with Crippen LogP contribution in [0.4, 0.5) is 0 Å². The van der Waals surface area contributed by atoms with Crippen molar-refractivity contribution in [3.05, 3.63) is 58.9 Å². The molecular weight excluding hydrogens is 314 g/mol. The van der Waals surface area contributed by atoms with Gasteiger partial charge in [0.1, 0.15) is 0 Å². The summed E-state index contributed by atoms with van der Waals surface area (Å²) in [7, 11) is 0. The van der Waals surface area contributed by atoms with Gasteiger partial charge in [-0.3, -0.25) is 9.20 Å². The van der Waals surface area contributed by atoms with Crippen LogP contribution in [0.1, 0.15) is 16.8 Å². The zero-order chi connectivity index (χ0) is 15.4. The Hall–Kier alpha value is -1.79. The molecule has 0 unspecified atom stereocenters. The number of rotatable bonds is 6. The van der Waals surface area contributed by atoms with Gasteiger partial charge < -0.3 is 5.32 Å². The number of amides is 1. The normalized spacial score (nSPS) is 11.0. The Labute approximate surface area is 137 Å². The second kappa shape index (κ2) is 6.98. The first-order valence-corrected chi connectivity index (χ1v) is 9.05. The summed E-state index contributed by atoms with van der Waals surface area (Å²) in [6, 6.07) is 8.41. The molecule has 0 aliphatic rings. The molecule has 0 saturated carbocycles. The number of thiazole rings is 1. The van der Waals surface area contributed by atoms with Gasteiger partial charge in [0.25, 0.3) is 0 Å². The lowest BCUT2D eigenvalue weighted by Gasteiger charge is -2.04. The first-order valence-electron chi connectivity index (χ1n) is 7.02. The number of imidazole rings is 1. The molecule has 2 heterocycles. The van der Waals surface area contributed by atoms with Crippen LogP contribution in [0, 0.1) is 6.92 Å². The van der Waals surface area contributed by atoms with Crippen molar-refractivity contribution in [3.8, 4) is 0 Å². The third-order valence-corrected chi connectivity index (χ3v) is 5.01. The minimum absolute atomic E-state index is 0.0495. The Morgan fingerprint density at radius 3 is 2.95 bits per heavy atom. The van der Waals surface area contributed by atoms with Crippen LogP contribution in [-0.4, -0.2) is 21.0 Å². The Kier molecular flexibility index (Phi) is 4.80. The van der Waals surface area contributed by atoms with Gasteiger partial charge in [-0.05, 0) is 12.5 Å². The first kappa shape index (κ1) is 15.1. The minimum Gasteiger partial charge on any atom is -0.350 e. The molecule has 4 nitrogen and oxygen atoms in total. The van der Waals surface area contributed by atoms with Gasteiger partial charge in [-0.25, -0.2) is 4.98 Å². The lowest BCUT2D eigenvalue weighted by atomic mass is 10.2. The molecule has 0 atom stereocenters. The molecule has 114 valence electrons. The molecule has 22 heavy (non-hydrogen) atoms. The summed E-state index contributed by atoms with van der Waals surface area (Å²) in [5.41, 5.74) is 3.40. The summed E-state index contributed by atoms with van der Waals surface area (Å²) in [5.74, 6) is 1.37. The zero-order valence-electron chi connectivity index (χ0n) is 12.3. The van der Waals surface area contributed by atoms with Crippen molar-refractivity contribution in [3.63, 3.8) is 0 Å². The summed E-state index contributed by atoms with van der Waals surface area (Å²) in [4.78, 5) is 17.2. The van der Waals surface area contributed by atoms with E-state index in [0.29, 0.717) is 12.3 Å². The van der Waals surface area contributed by atoms with Crippen LogP contribution in [0.15, 0.2) is 42.0 Å². The van der Waals surface area contributed by atoms with Gasteiger partial charge in [0, 0.05) is 23.5 Å². The molecule has 0 spiro atoms. The van der Waals surface area contributed by atoms with Crippen molar-refractivity contribution < 1.29 is 4.79 Å². The number of carbonyl (C=O) groups excluding carboxylic acids is 1. The van der Waals surface area contributed by atoms with E-state index in [9.17, 15) is 4.79 Å². The smallest absolute Gasteiger partial charge is 0.230 e. The number of aromatic nitrogens is 2. The zero-order valence-corrected chi connectivity index (χ0v) is 13.9. The lowest BCUT2D eigenvalue weighted by molar-refractivity contribution is -0.118. The molecule has 6 heteroatoms. The fourth-order valence-electron chi connectivity index (χ4n) is 2.05. The van der Waals surface area contributed by atoms with E-state index in [2.05, 4.69) is 41.5 Å². The largest absolute Gasteiger partial charge is 0.350 e.